The normalized spacial score (nSPS) is 23.0. The third-order valence-electron chi connectivity index (χ3n) is 3.95. The molecule has 2 rings (SSSR count). The molecule has 1 fully saturated rings. The average Bonchev–Trinajstić information content (AvgIpc) is 2.41. The summed E-state index contributed by atoms with van der Waals surface area (Å²) < 4.78 is 0. The van der Waals surface area contributed by atoms with Crippen LogP contribution in [0.25, 0.3) is 0 Å². The lowest BCUT2D eigenvalue weighted by molar-refractivity contribution is -0.385. The van der Waals surface area contributed by atoms with Gasteiger partial charge >= 0.3 is 0 Å². The number of aromatic nitrogens is 1. The number of hydrogen-bond acceptors (Lipinski definition) is 4. The van der Waals surface area contributed by atoms with Crippen molar-refractivity contribution in [1.82, 2.24) is 4.98 Å². The number of rotatable bonds is 5. The molecule has 1 aliphatic rings. The lowest BCUT2D eigenvalue weighted by Crippen LogP contribution is -2.16. The minimum atomic E-state index is -0.431. The monoisotopic (exact) mass is 263 g/mol. The van der Waals surface area contributed by atoms with E-state index in [0.29, 0.717) is 0 Å². The third-order valence-corrected chi connectivity index (χ3v) is 3.95. The van der Waals surface area contributed by atoms with Gasteiger partial charge in [0.1, 0.15) is 12.0 Å². The molecule has 1 heterocycles. The van der Waals surface area contributed by atoms with Gasteiger partial charge in [-0.2, -0.15) is 0 Å². The first kappa shape index (κ1) is 13.8. The van der Waals surface area contributed by atoms with E-state index in [1.54, 1.807) is 6.07 Å². The third kappa shape index (κ3) is 4.19. The molecular formula is C14H21N3O2. The van der Waals surface area contributed by atoms with Crippen molar-refractivity contribution < 1.29 is 4.92 Å². The van der Waals surface area contributed by atoms with Crippen LogP contribution in [0.5, 0.6) is 0 Å². The van der Waals surface area contributed by atoms with Crippen LogP contribution in [0.3, 0.4) is 0 Å². The van der Waals surface area contributed by atoms with Gasteiger partial charge in [-0.25, -0.2) is 4.98 Å². The van der Waals surface area contributed by atoms with Crippen LogP contribution in [0, 0.1) is 22.0 Å². The lowest BCUT2D eigenvalue weighted by Gasteiger charge is -2.26. The van der Waals surface area contributed by atoms with Crippen LogP contribution in [-0.2, 0) is 0 Å². The first-order chi connectivity index (χ1) is 9.15. The Balaban J connectivity index is 1.72. The maximum absolute atomic E-state index is 10.5. The zero-order valence-electron chi connectivity index (χ0n) is 11.3. The van der Waals surface area contributed by atoms with E-state index < -0.39 is 4.92 Å². The highest BCUT2D eigenvalue weighted by atomic mass is 16.6. The molecule has 0 unspecified atom stereocenters. The summed E-state index contributed by atoms with van der Waals surface area (Å²) in [4.78, 5) is 14.1. The van der Waals surface area contributed by atoms with Crippen LogP contribution in [0.1, 0.15) is 39.0 Å². The van der Waals surface area contributed by atoms with E-state index in [1.807, 2.05) is 0 Å². The molecule has 1 aliphatic carbocycles. The quantitative estimate of drug-likeness (QED) is 0.650. The van der Waals surface area contributed by atoms with Crippen molar-refractivity contribution in [2.24, 2.45) is 11.8 Å². The van der Waals surface area contributed by atoms with Crippen LogP contribution in [0.2, 0.25) is 0 Å². The summed E-state index contributed by atoms with van der Waals surface area (Å²) in [7, 11) is 0. The zero-order valence-corrected chi connectivity index (χ0v) is 11.3. The van der Waals surface area contributed by atoms with E-state index >= 15 is 0 Å². The highest BCUT2D eigenvalue weighted by molar-refractivity contribution is 5.39. The number of anilines is 1. The van der Waals surface area contributed by atoms with Gasteiger partial charge in [-0.15, -0.1) is 0 Å². The molecule has 0 saturated heterocycles. The summed E-state index contributed by atoms with van der Waals surface area (Å²) in [6, 6.07) is 3.15. The Hall–Kier alpha value is -1.65. The number of nitrogens with zero attached hydrogens (tertiary/aromatic N) is 2. The predicted molar refractivity (Wildman–Crippen MR) is 75.1 cm³/mol. The predicted octanol–water partition coefficient (Wildman–Crippen LogP) is 3.62. The van der Waals surface area contributed by atoms with Crippen molar-refractivity contribution in [1.29, 1.82) is 0 Å². The maximum atomic E-state index is 10.5. The number of nitrogens with one attached hydrogen (secondary N) is 1. The minimum Gasteiger partial charge on any atom is -0.370 e. The minimum absolute atomic E-state index is 0.0341. The molecule has 0 amide bonds. The lowest BCUT2D eigenvalue weighted by atomic mass is 9.81. The Morgan fingerprint density at radius 2 is 2.11 bits per heavy atom. The van der Waals surface area contributed by atoms with E-state index in [2.05, 4.69) is 17.2 Å². The van der Waals surface area contributed by atoms with Gasteiger partial charge in [-0.1, -0.05) is 32.6 Å². The van der Waals surface area contributed by atoms with Gasteiger partial charge in [0, 0.05) is 12.6 Å². The summed E-state index contributed by atoms with van der Waals surface area (Å²) in [6.45, 7) is 3.22. The van der Waals surface area contributed by atoms with Gasteiger partial charge in [0.2, 0.25) is 0 Å². The molecule has 0 aromatic carbocycles. The van der Waals surface area contributed by atoms with Gasteiger partial charge in [0.05, 0.1) is 4.92 Å². The van der Waals surface area contributed by atoms with Crippen molar-refractivity contribution in [3.63, 3.8) is 0 Å². The van der Waals surface area contributed by atoms with Crippen molar-refractivity contribution >= 4 is 11.5 Å². The van der Waals surface area contributed by atoms with Crippen LogP contribution in [-0.4, -0.2) is 16.5 Å². The second-order valence-electron chi connectivity index (χ2n) is 5.50. The van der Waals surface area contributed by atoms with Crippen LogP contribution >= 0.6 is 0 Å². The Kier molecular flexibility index (Phi) is 4.71. The van der Waals surface area contributed by atoms with E-state index in [-0.39, 0.29) is 5.69 Å². The van der Waals surface area contributed by atoms with Gasteiger partial charge in [-0.3, -0.25) is 10.1 Å². The first-order valence-corrected chi connectivity index (χ1v) is 6.99. The Morgan fingerprint density at radius 3 is 2.68 bits per heavy atom. The molecule has 1 N–H and O–H groups in total. The smallest absolute Gasteiger partial charge is 0.287 e. The molecule has 1 aromatic heterocycles. The number of pyridine rings is 1. The van der Waals surface area contributed by atoms with Crippen molar-refractivity contribution in [3.05, 3.63) is 28.4 Å². The standard InChI is InChI=1S/C14H21N3O2/c1-11-2-4-12(5-3-11)8-9-15-14-7-6-13(10-16-14)17(18)19/h6-7,10-12H,2-5,8-9H2,1H3,(H,15,16). The fourth-order valence-corrected chi connectivity index (χ4v) is 2.62. The van der Waals surface area contributed by atoms with E-state index in [1.165, 1.54) is 37.9 Å². The summed E-state index contributed by atoms with van der Waals surface area (Å²) >= 11 is 0. The van der Waals surface area contributed by atoms with Gasteiger partial charge in [-0.05, 0) is 24.3 Å². The Morgan fingerprint density at radius 1 is 1.37 bits per heavy atom. The molecule has 5 heteroatoms. The molecule has 5 nitrogen and oxygen atoms in total. The summed E-state index contributed by atoms with van der Waals surface area (Å²) in [5, 5.41) is 13.7. The highest BCUT2D eigenvalue weighted by Crippen LogP contribution is 2.30. The Bertz CT molecular complexity index is 411. The van der Waals surface area contributed by atoms with Crippen LogP contribution in [0.15, 0.2) is 18.3 Å². The maximum Gasteiger partial charge on any atom is 0.287 e. The zero-order chi connectivity index (χ0) is 13.7. The molecule has 0 bridgehead atoms. The topological polar surface area (TPSA) is 68.1 Å². The average molecular weight is 263 g/mol. The van der Waals surface area contributed by atoms with E-state index in [0.717, 1.165) is 30.6 Å². The summed E-state index contributed by atoms with van der Waals surface area (Å²) in [6.07, 6.45) is 7.81. The van der Waals surface area contributed by atoms with Crippen molar-refractivity contribution in [3.8, 4) is 0 Å². The van der Waals surface area contributed by atoms with Crippen molar-refractivity contribution in [2.45, 2.75) is 39.0 Å². The largest absolute Gasteiger partial charge is 0.370 e. The molecule has 104 valence electrons. The van der Waals surface area contributed by atoms with Gasteiger partial charge in [0.15, 0.2) is 0 Å². The highest BCUT2D eigenvalue weighted by Gasteiger charge is 2.17. The molecule has 0 radical (unpaired) electrons. The van der Waals surface area contributed by atoms with Crippen molar-refractivity contribution in [2.75, 3.05) is 11.9 Å². The van der Waals surface area contributed by atoms with E-state index in [9.17, 15) is 10.1 Å². The number of nitro groups is 1. The molecule has 1 aromatic rings. The summed E-state index contributed by atoms with van der Waals surface area (Å²) in [5.74, 6) is 2.43. The second-order valence-corrected chi connectivity index (χ2v) is 5.50. The van der Waals surface area contributed by atoms with Crippen LogP contribution in [0.4, 0.5) is 11.5 Å². The molecule has 19 heavy (non-hydrogen) atoms. The van der Waals surface area contributed by atoms with Crippen LogP contribution < -0.4 is 5.32 Å². The summed E-state index contributed by atoms with van der Waals surface area (Å²) in [5.41, 5.74) is 0.0341. The molecular weight excluding hydrogens is 242 g/mol. The fraction of sp³-hybridized carbons (Fsp3) is 0.643. The Labute approximate surface area is 113 Å². The SMILES string of the molecule is CC1CCC(CCNc2ccc([N+](=O)[O-])cn2)CC1. The van der Waals surface area contributed by atoms with E-state index in [4.69, 9.17) is 0 Å². The fourth-order valence-electron chi connectivity index (χ4n) is 2.62. The molecule has 0 spiro atoms. The van der Waals surface area contributed by atoms with Gasteiger partial charge in [0.25, 0.3) is 5.69 Å². The molecule has 0 aliphatic heterocycles. The molecule has 0 atom stereocenters. The van der Waals surface area contributed by atoms with Gasteiger partial charge < -0.3 is 5.32 Å². The number of hydrogen-bond donors (Lipinski definition) is 1. The second kappa shape index (κ2) is 6.50. The first-order valence-electron chi connectivity index (χ1n) is 6.99. The molecule has 1 saturated carbocycles.